The highest BCUT2D eigenvalue weighted by Gasteiger charge is 2.31. The fourth-order valence-electron chi connectivity index (χ4n) is 0.925. The second-order valence-electron chi connectivity index (χ2n) is 3.62. The average Bonchev–Trinajstić information content (AvgIpc) is 2.11. The lowest BCUT2D eigenvalue weighted by atomic mass is 10.1. The minimum Gasteiger partial charge on any atom is -0.478 e. The van der Waals surface area contributed by atoms with E-state index in [0.29, 0.717) is 5.02 Å². The number of carboxylic acid groups (broad SMARTS) is 1. The van der Waals surface area contributed by atoms with Gasteiger partial charge in [0.2, 0.25) is 0 Å². The van der Waals surface area contributed by atoms with Gasteiger partial charge in [0.1, 0.15) is 0 Å². The quantitative estimate of drug-likeness (QED) is 0.915. The maximum atomic E-state index is 10.9. The van der Waals surface area contributed by atoms with Gasteiger partial charge in [-0.05, 0) is 26.0 Å². The standard InChI is InChI=1S/C10H9Cl3O3/c1-10(2,9(14)15)16-8-6(12)3-5(11)4-7(8)13/h3-4H,1-2H3,(H,14,15). The Morgan fingerprint density at radius 2 is 1.69 bits per heavy atom. The summed E-state index contributed by atoms with van der Waals surface area (Å²) in [5, 5.41) is 9.60. The van der Waals surface area contributed by atoms with Crippen molar-refractivity contribution in [3.8, 4) is 5.75 Å². The summed E-state index contributed by atoms with van der Waals surface area (Å²) in [6.45, 7) is 2.80. The number of hydrogen-bond acceptors (Lipinski definition) is 2. The average molecular weight is 284 g/mol. The van der Waals surface area contributed by atoms with Crippen LogP contribution < -0.4 is 4.74 Å². The van der Waals surface area contributed by atoms with Crippen molar-refractivity contribution < 1.29 is 14.6 Å². The van der Waals surface area contributed by atoms with E-state index in [1.54, 1.807) is 0 Å². The molecule has 0 amide bonds. The molecular weight excluding hydrogens is 274 g/mol. The smallest absolute Gasteiger partial charge is 0.347 e. The van der Waals surface area contributed by atoms with Crippen molar-refractivity contribution >= 4 is 40.8 Å². The minimum absolute atomic E-state index is 0.111. The normalized spacial score (nSPS) is 11.3. The molecule has 0 aromatic heterocycles. The zero-order valence-corrected chi connectivity index (χ0v) is 10.8. The molecule has 0 atom stereocenters. The van der Waals surface area contributed by atoms with Gasteiger partial charge in [-0.1, -0.05) is 34.8 Å². The topological polar surface area (TPSA) is 46.5 Å². The summed E-state index contributed by atoms with van der Waals surface area (Å²) in [5.41, 5.74) is -1.42. The second kappa shape index (κ2) is 4.70. The Morgan fingerprint density at radius 3 is 2.06 bits per heavy atom. The van der Waals surface area contributed by atoms with Crippen molar-refractivity contribution in [2.45, 2.75) is 19.4 Å². The first-order valence-electron chi connectivity index (χ1n) is 4.31. The number of carboxylic acids is 1. The van der Waals surface area contributed by atoms with Gasteiger partial charge in [0.15, 0.2) is 11.4 Å². The molecule has 1 aromatic carbocycles. The Kier molecular flexibility index (Phi) is 3.94. The van der Waals surface area contributed by atoms with Crippen LogP contribution in [0.25, 0.3) is 0 Å². The molecule has 0 unspecified atom stereocenters. The molecule has 1 aromatic rings. The third-order valence-corrected chi connectivity index (χ3v) is 2.62. The summed E-state index contributed by atoms with van der Waals surface area (Å²) in [5.74, 6) is -1.00. The van der Waals surface area contributed by atoms with Gasteiger partial charge < -0.3 is 9.84 Å². The molecule has 3 nitrogen and oxygen atoms in total. The Labute approximate surface area is 108 Å². The Balaban J connectivity index is 3.11. The van der Waals surface area contributed by atoms with Crippen molar-refractivity contribution in [2.75, 3.05) is 0 Å². The SMILES string of the molecule is CC(C)(Oc1c(Cl)cc(Cl)cc1Cl)C(=O)O. The molecule has 0 aliphatic carbocycles. The van der Waals surface area contributed by atoms with Gasteiger partial charge in [0.25, 0.3) is 0 Å². The molecule has 0 heterocycles. The molecule has 0 saturated carbocycles. The van der Waals surface area contributed by atoms with Crippen molar-refractivity contribution in [1.82, 2.24) is 0 Å². The number of rotatable bonds is 3. The zero-order chi connectivity index (χ0) is 12.5. The summed E-state index contributed by atoms with van der Waals surface area (Å²) < 4.78 is 5.26. The third kappa shape index (κ3) is 2.94. The van der Waals surface area contributed by atoms with E-state index >= 15 is 0 Å². The molecule has 1 N–H and O–H groups in total. The predicted octanol–water partition coefficient (Wildman–Crippen LogP) is 3.89. The second-order valence-corrected chi connectivity index (χ2v) is 4.87. The van der Waals surface area contributed by atoms with Crippen LogP contribution in [0.2, 0.25) is 15.1 Å². The van der Waals surface area contributed by atoms with Gasteiger partial charge in [0.05, 0.1) is 10.0 Å². The van der Waals surface area contributed by atoms with Gasteiger partial charge in [0, 0.05) is 5.02 Å². The van der Waals surface area contributed by atoms with Gasteiger partial charge in [-0.15, -0.1) is 0 Å². The van der Waals surface area contributed by atoms with Crippen molar-refractivity contribution in [3.05, 3.63) is 27.2 Å². The lowest BCUT2D eigenvalue weighted by Gasteiger charge is -2.23. The molecule has 1 rings (SSSR count). The van der Waals surface area contributed by atoms with Gasteiger partial charge >= 0.3 is 5.97 Å². The van der Waals surface area contributed by atoms with E-state index in [1.807, 2.05) is 0 Å². The largest absolute Gasteiger partial charge is 0.478 e. The maximum Gasteiger partial charge on any atom is 0.347 e. The lowest BCUT2D eigenvalue weighted by Crippen LogP contribution is -2.38. The maximum absolute atomic E-state index is 10.9. The molecule has 0 aliphatic rings. The highest BCUT2D eigenvalue weighted by atomic mass is 35.5. The lowest BCUT2D eigenvalue weighted by molar-refractivity contribution is -0.152. The van der Waals surface area contributed by atoms with E-state index in [4.69, 9.17) is 44.6 Å². The van der Waals surface area contributed by atoms with Crippen LogP contribution in [-0.4, -0.2) is 16.7 Å². The van der Waals surface area contributed by atoms with Crippen LogP contribution in [0.5, 0.6) is 5.75 Å². The minimum atomic E-state index is -1.42. The van der Waals surface area contributed by atoms with E-state index in [9.17, 15) is 4.79 Å². The number of carbonyl (C=O) groups is 1. The van der Waals surface area contributed by atoms with Crippen LogP contribution in [0.15, 0.2) is 12.1 Å². The Hall–Kier alpha value is -0.640. The van der Waals surface area contributed by atoms with Gasteiger partial charge in [-0.3, -0.25) is 0 Å². The number of ether oxygens (including phenoxy) is 1. The molecule has 0 spiro atoms. The van der Waals surface area contributed by atoms with Crippen molar-refractivity contribution in [2.24, 2.45) is 0 Å². The number of hydrogen-bond donors (Lipinski definition) is 1. The highest BCUT2D eigenvalue weighted by molar-refractivity contribution is 6.40. The fraction of sp³-hybridized carbons (Fsp3) is 0.300. The Morgan fingerprint density at radius 1 is 1.25 bits per heavy atom. The van der Waals surface area contributed by atoms with Crippen LogP contribution in [0.3, 0.4) is 0 Å². The van der Waals surface area contributed by atoms with E-state index in [0.717, 1.165) is 0 Å². The van der Waals surface area contributed by atoms with E-state index < -0.39 is 11.6 Å². The highest BCUT2D eigenvalue weighted by Crippen LogP contribution is 2.37. The monoisotopic (exact) mass is 282 g/mol. The molecular formula is C10H9Cl3O3. The number of benzene rings is 1. The van der Waals surface area contributed by atoms with Gasteiger partial charge in [-0.2, -0.15) is 0 Å². The van der Waals surface area contributed by atoms with E-state index in [1.165, 1.54) is 26.0 Å². The first-order valence-corrected chi connectivity index (χ1v) is 5.44. The van der Waals surface area contributed by atoms with Crippen LogP contribution >= 0.6 is 34.8 Å². The van der Waals surface area contributed by atoms with Crippen LogP contribution in [0.4, 0.5) is 0 Å². The predicted molar refractivity (Wildman–Crippen MR) is 63.8 cm³/mol. The molecule has 88 valence electrons. The summed E-state index contributed by atoms with van der Waals surface area (Å²) in [4.78, 5) is 10.9. The molecule has 6 heteroatoms. The van der Waals surface area contributed by atoms with Crippen molar-refractivity contribution in [1.29, 1.82) is 0 Å². The van der Waals surface area contributed by atoms with Crippen LogP contribution in [-0.2, 0) is 4.79 Å². The number of aliphatic carboxylic acids is 1. The molecule has 0 aliphatic heterocycles. The first kappa shape index (κ1) is 13.4. The first-order chi connectivity index (χ1) is 7.24. The fourth-order valence-corrected chi connectivity index (χ4v) is 1.82. The molecule has 16 heavy (non-hydrogen) atoms. The molecule has 0 radical (unpaired) electrons. The molecule has 0 fully saturated rings. The summed E-state index contributed by atoms with van der Waals surface area (Å²) in [7, 11) is 0. The number of halogens is 3. The molecule has 0 bridgehead atoms. The van der Waals surface area contributed by atoms with Crippen LogP contribution in [0, 0.1) is 0 Å². The Bertz CT molecular complexity index is 406. The van der Waals surface area contributed by atoms with E-state index in [-0.39, 0.29) is 15.8 Å². The van der Waals surface area contributed by atoms with Crippen LogP contribution in [0.1, 0.15) is 13.8 Å². The molecule has 0 saturated heterocycles. The van der Waals surface area contributed by atoms with E-state index in [2.05, 4.69) is 0 Å². The van der Waals surface area contributed by atoms with Gasteiger partial charge in [-0.25, -0.2) is 4.79 Å². The summed E-state index contributed by atoms with van der Waals surface area (Å²) >= 11 is 17.4. The summed E-state index contributed by atoms with van der Waals surface area (Å²) in [6, 6.07) is 2.87. The summed E-state index contributed by atoms with van der Waals surface area (Å²) in [6.07, 6.45) is 0. The third-order valence-electron chi connectivity index (χ3n) is 1.84. The zero-order valence-electron chi connectivity index (χ0n) is 8.55. The van der Waals surface area contributed by atoms with Crippen molar-refractivity contribution in [3.63, 3.8) is 0 Å².